The number of amides is 1. The lowest BCUT2D eigenvalue weighted by Gasteiger charge is -2.22. The molecule has 96 valence electrons. The second-order valence-electron chi connectivity index (χ2n) is 4.12. The highest BCUT2D eigenvalue weighted by Crippen LogP contribution is 2.34. The molecule has 2 unspecified atom stereocenters. The van der Waals surface area contributed by atoms with Crippen molar-refractivity contribution in [1.82, 2.24) is 10.2 Å². The lowest BCUT2D eigenvalue weighted by atomic mass is 10.1. The van der Waals surface area contributed by atoms with Crippen LogP contribution in [0, 0.1) is 0 Å². The average molecular weight is 295 g/mol. The Balaban J connectivity index is 2.69. The molecule has 1 amide bonds. The van der Waals surface area contributed by atoms with Gasteiger partial charge in [0.2, 0.25) is 5.91 Å². The first kappa shape index (κ1) is 14.8. The van der Waals surface area contributed by atoms with Crippen molar-refractivity contribution < 1.29 is 4.79 Å². The van der Waals surface area contributed by atoms with Gasteiger partial charge < -0.3 is 4.90 Å². The summed E-state index contributed by atoms with van der Waals surface area (Å²) in [4.78, 5) is 13.3. The third-order valence-corrected chi connectivity index (χ3v) is 3.98. The molecule has 0 bridgehead atoms. The van der Waals surface area contributed by atoms with Gasteiger partial charge in [-0.05, 0) is 25.5 Å². The first-order chi connectivity index (χ1) is 7.82. The molecule has 3 nitrogen and oxygen atoms in total. The fraction of sp³-hybridized carbons (Fsp3) is 0.545. The number of halogens is 2. The van der Waals surface area contributed by atoms with Crippen molar-refractivity contribution in [3.8, 4) is 0 Å². The van der Waals surface area contributed by atoms with Gasteiger partial charge in [-0.25, -0.2) is 0 Å². The van der Waals surface area contributed by atoms with Crippen molar-refractivity contribution in [2.45, 2.75) is 25.9 Å². The molecule has 0 radical (unpaired) electrons. The van der Waals surface area contributed by atoms with Crippen LogP contribution >= 0.6 is 34.5 Å². The largest absolute Gasteiger partial charge is 0.347 e. The monoisotopic (exact) mass is 294 g/mol. The zero-order valence-electron chi connectivity index (χ0n) is 10.3. The molecule has 1 aromatic rings. The van der Waals surface area contributed by atoms with Crippen molar-refractivity contribution in [3.05, 3.63) is 20.3 Å². The van der Waals surface area contributed by atoms with E-state index in [4.69, 9.17) is 23.2 Å². The zero-order valence-corrected chi connectivity index (χ0v) is 12.6. The van der Waals surface area contributed by atoms with Crippen LogP contribution in [0.4, 0.5) is 0 Å². The molecule has 0 fully saturated rings. The van der Waals surface area contributed by atoms with Crippen LogP contribution in [-0.4, -0.2) is 30.9 Å². The van der Waals surface area contributed by atoms with Crippen LogP contribution in [0.25, 0.3) is 0 Å². The quantitative estimate of drug-likeness (QED) is 0.925. The van der Waals surface area contributed by atoms with Crippen molar-refractivity contribution >= 4 is 40.4 Å². The lowest BCUT2D eigenvalue weighted by molar-refractivity contribution is -0.130. The topological polar surface area (TPSA) is 32.3 Å². The molecule has 6 heteroatoms. The minimum Gasteiger partial charge on any atom is -0.347 e. The van der Waals surface area contributed by atoms with E-state index in [9.17, 15) is 4.79 Å². The maximum Gasteiger partial charge on any atom is 0.238 e. The van der Waals surface area contributed by atoms with E-state index in [1.54, 1.807) is 19.0 Å². The van der Waals surface area contributed by atoms with E-state index in [-0.39, 0.29) is 18.0 Å². The Morgan fingerprint density at radius 3 is 2.41 bits per heavy atom. The molecular formula is C11H16Cl2N2OS. The van der Waals surface area contributed by atoms with Crippen molar-refractivity contribution in [3.63, 3.8) is 0 Å². The smallest absolute Gasteiger partial charge is 0.238 e. The summed E-state index contributed by atoms with van der Waals surface area (Å²) in [5, 5.41) is 3.20. The Kier molecular flexibility index (Phi) is 5.25. The number of rotatable bonds is 4. The summed E-state index contributed by atoms with van der Waals surface area (Å²) in [6, 6.07) is 1.57. The van der Waals surface area contributed by atoms with Crippen molar-refractivity contribution in [2.75, 3.05) is 14.1 Å². The van der Waals surface area contributed by atoms with Gasteiger partial charge in [-0.1, -0.05) is 23.2 Å². The molecule has 0 saturated carbocycles. The molecule has 0 aromatic carbocycles. The van der Waals surface area contributed by atoms with Crippen molar-refractivity contribution in [1.29, 1.82) is 0 Å². The molecule has 0 aliphatic heterocycles. The summed E-state index contributed by atoms with van der Waals surface area (Å²) >= 11 is 13.3. The number of carbonyl (C=O) groups is 1. The number of carbonyl (C=O) groups excluding carboxylic acids is 1. The summed E-state index contributed by atoms with van der Waals surface area (Å²) < 4.78 is 1.32. The van der Waals surface area contributed by atoms with Gasteiger partial charge in [-0.3, -0.25) is 10.1 Å². The minimum atomic E-state index is -0.255. The predicted octanol–water partition coefficient (Wildman–Crippen LogP) is 3.18. The maximum absolute atomic E-state index is 11.7. The third kappa shape index (κ3) is 3.85. The fourth-order valence-corrected chi connectivity index (χ4v) is 3.22. The number of likely N-dealkylation sites (N-methyl/N-ethyl adjacent to an activating group) is 1. The summed E-state index contributed by atoms with van der Waals surface area (Å²) in [5.41, 5.74) is 0.931. The predicted molar refractivity (Wildman–Crippen MR) is 74.0 cm³/mol. The molecule has 1 heterocycles. The lowest BCUT2D eigenvalue weighted by Crippen LogP contribution is -2.42. The molecule has 1 N–H and O–H groups in total. The Bertz CT molecular complexity index is 406. The molecule has 0 saturated heterocycles. The number of hydrogen-bond acceptors (Lipinski definition) is 3. The van der Waals surface area contributed by atoms with Crippen LogP contribution in [0.2, 0.25) is 8.67 Å². The first-order valence-electron chi connectivity index (χ1n) is 5.25. The van der Waals surface area contributed by atoms with Gasteiger partial charge in [0.05, 0.1) is 14.7 Å². The molecular weight excluding hydrogens is 279 g/mol. The van der Waals surface area contributed by atoms with Crippen LogP contribution in [0.3, 0.4) is 0 Å². The van der Waals surface area contributed by atoms with E-state index in [1.807, 2.05) is 19.9 Å². The van der Waals surface area contributed by atoms with E-state index < -0.39 is 0 Å². The van der Waals surface area contributed by atoms with Gasteiger partial charge in [0.25, 0.3) is 0 Å². The molecule has 1 aromatic heterocycles. The normalized spacial score (nSPS) is 14.5. The van der Waals surface area contributed by atoms with Crippen molar-refractivity contribution in [2.24, 2.45) is 0 Å². The number of thiophene rings is 1. The van der Waals surface area contributed by atoms with Crippen LogP contribution in [0.15, 0.2) is 6.07 Å². The van der Waals surface area contributed by atoms with Gasteiger partial charge in [0.1, 0.15) is 0 Å². The standard InChI is InChI=1S/C11H16Cl2N2OS/c1-6(8-5-9(12)17-10(8)13)14-7(2)11(16)15(3)4/h5-7,14H,1-4H3. The second kappa shape index (κ2) is 6.05. The fourth-order valence-electron chi connectivity index (χ4n) is 1.57. The first-order valence-corrected chi connectivity index (χ1v) is 6.82. The van der Waals surface area contributed by atoms with E-state index >= 15 is 0 Å². The summed E-state index contributed by atoms with van der Waals surface area (Å²) in [6.07, 6.45) is 0. The highest BCUT2D eigenvalue weighted by Gasteiger charge is 2.20. The molecule has 2 atom stereocenters. The SMILES string of the molecule is CC(NC(C)c1cc(Cl)sc1Cl)C(=O)N(C)C. The highest BCUT2D eigenvalue weighted by molar-refractivity contribution is 7.20. The highest BCUT2D eigenvalue weighted by atomic mass is 35.5. The molecule has 1 rings (SSSR count). The van der Waals surface area contributed by atoms with Crippen LogP contribution in [-0.2, 0) is 4.79 Å². The Labute approximate surface area is 116 Å². The van der Waals surface area contributed by atoms with Gasteiger partial charge in [-0.2, -0.15) is 0 Å². The summed E-state index contributed by atoms with van der Waals surface area (Å²) in [5.74, 6) is 0.0364. The maximum atomic E-state index is 11.7. The van der Waals surface area contributed by atoms with Crippen LogP contribution in [0.1, 0.15) is 25.5 Å². The molecule has 0 aliphatic rings. The van der Waals surface area contributed by atoms with Gasteiger partial charge in [0, 0.05) is 20.1 Å². The molecule has 0 spiro atoms. The number of nitrogens with zero attached hydrogens (tertiary/aromatic N) is 1. The molecule has 17 heavy (non-hydrogen) atoms. The van der Waals surface area contributed by atoms with Gasteiger partial charge >= 0.3 is 0 Å². The zero-order chi connectivity index (χ0) is 13.2. The Morgan fingerprint density at radius 1 is 1.41 bits per heavy atom. The van der Waals surface area contributed by atoms with Crippen LogP contribution in [0.5, 0.6) is 0 Å². The van der Waals surface area contributed by atoms with E-state index in [0.29, 0.717) is 8.67 Å². The van der Waals surface area contributed by atoms with Gasteiger partial charge in [0.15, 0.2) is 0 Å². The number of hydrogen-bond donors (Lipinski definition) is 1. The average Bonchev–Trinajstić information content (AvgIpc) is 2.56. The minimum absolute atomic E-state index is 0.00912. The van der Waals surface area contributed by atoms with E-state index in [0.717, 1.165) is 5.56 Å². The third-order valence-electron chi connectivity index (χ3n) is 2.46. The summed E-state index contributed by atoms with van der Waals surface area (Å²) in [6.45, 7) is 3.80. The van der Waals surface area contributed by atoms with E-state index in [1.165, 1.54) is 11.3 Å². The second-order valence-corrected chi connectivity index (χ2v) is 6.41. The van der Waals surface area contributed by atoms with Gasteiger partial charge in [-0.15, -0.1) is 11.3 Å². The van der Waals surface area contributed by atoms with E-state index in [2.05, 4.69) is 5.32 Å². The Morgan fingerprint density at radius 2 is 2.00 bits per heavy atom. The summed E-state index contributed by atoms with van der Waals surface area (Å²) in [7, 11) is 3.47. The van der Waals surface area contributed by atoms with Crippen LogP contribution < -0.4 is 5.32 Å². The number of nitrogens with one attached hydrogen (secondary N) is 1. The Hall–Kier alpha value is -0.290. The molecule has 0 aliphatic carbocycles.